The lowest BCUT2D eigenvalue weighted by molar-refractivity contribution is -0.141. The molecule has 33 heavy (non-hydrogen) atoms. The van der Waals surface area contributed by atoms with E-state index in [-0.39, 0.29) is 35.5 Å². The number of fused-ring (bicyclic) bond motifs is 1. The Morgan fingerprint density at radius 3 is 2.58 bits per heavy atom. The number of benzene rings is 1. The van der Waals surface area contributed by atoms with E-state index in [1.165, 1.54) is 6.07 Å². The van der Waals surface area contributed by atoms with Crippen molar-refractivity contribution in [3.05, 3.63) is 40.5 Å². The summed E-state index contributed by atoms with van der Waals surface area (Å²) in [6, 6.07) is 3.65. The van der Waals surface area contributed by atoms with Gasteiger partial charge in [0.25, 0.3) is 0 Å². The summed E-state index contributed by atoms with van der Waals surface area (Å²) in [4.78, 5) is 12.6. The molecule has 1 aromatic heterocycles. The van der Waals surface area contributed by atoms with Crippen LogP contribution in [0.3, 0.4) is 0 Å². The van der Waals surface area contributed by atoms with Crippen molar-refractivity contribution in [3.63, 3.8) is 0 Å². The number of halogens is 4. The minimum absolute atomic E-state index is 0.0310. The summed E-state index contributed by atoms with van der Waals surface area (Å²) >= 11 is 0. The topological polar surface area (TPSA) is 90.9 Å². The third-order valence-corrected chi connectivity index (χ3v) is 6.32. The van der Waals surface area contributed by atoms with Crippen LogP contribution < -0.4 is 5.32 Å². The number of aromatic nitrogens is 2. The number of ketones is 1. The van der Waals surface area contributed by atoms with Crippen LogP contribution in [0.5, 0.6) is 0 Å². The number of hydrogen-bond acceptors (Lipinski definition) is 5. The van der Waals surface area contributed by atoms with Crippen LogP contribution in [0.4, 0.5) is 23.2 Å². The third-order valence-electron chi connectivity index (χ3n) is 6.32. The lowest BCUT2D eigenvalue weighted by Gasteiger charge is -2.30. The van der Waals surface area contributed by atoms with E-state index in [0.29, 0.717) is 12.8 Å². The molecule has 1 fully saturated rings. The monoisotopic (exact) mass is 464 g/mol. The summed E-state index contributed by atoms with van der Waals surface area (Å²) in [5.41, 5.74) is -2.57. The SMILES string of the molecule is CC1(C)CC(=O)c2c(C(F)(F)F)nn(-c3cc(F)c(C#N)c(N[C@H]4CCCC[C@@H]4O)c3)c2C1. The fourth-order valence-corrected chi connectivity index (χ4v) is 4.78. The largest absolute Gasteiger partial charge is 0.435 e. The summed E-state index contributed by atoms with van der Waals surface area (Å²) in [7, 11) is 0. The van der Waals surface area contributed by atoms with Gasteiger partial charge in [-0.25, -0.2) is 9.07 Å². The van der Waals surface area contributed by atoms with Crippen molar-refractivity contribution in [2.75, 3.05) is 5.32 Å². The molecule has 0 amide bonds. The Morgan fingerprint density at radius 2 is 1.94 bits per heavy atom. The number of nitriles is 1. The Balaban J connectivity index is 1.87. The van der Waals surface area contributed by atoms with Gasteiger partial charge in [-0.05, 0) is 30.7 Å². The quantitative estimate of drug-likeness (QED) is 0.639. The molecule has 1 saturated carbocycles. The fraction of sp³-hybridized carbons (Fsp3) is 0.522. The zero-order chi connectivity index (χ0) is 24.1. The van der Waals surface area contributed by atoms with Crippen molar-refractivity contribution < 1.29 is 27.5 Å². The fourth-order valence-electron chi connectivity index (χ4n) is 4.78. The van der Waals surface area contributed by atoms with Crippen molar-refractivity contribution in [1.29, 1.82) is 5.26 Å². The number of Topliss-reactive ketones (excluding diaryl/α,β-unsaturated/α-hetero) is 1. The van der Waals surface area contributed by atoms with Crippen LogP contribution in [0.1, 0.15) is 73.3 Å². The highest BCUT2D eigenvalue weighted by atomic mass is 19.4. The van der Waals surface area contributed by atoms with Crippen molar-refractivity contribution in [1.82, 2.24) is 9.78 Å². The van der Waals surface area contributed by atoms with Gasteiger partial charge in [-0.1, -0.05) is 26.7 Å². The highest BCUT2D eigenvalue weighted by molar-refractivity contribution is 6.00. The molecule has 2 atom stereocenters. The Labute approximate surface area is 188 Å². The molecule has 0 aliphatic heterocycles. The highest BCUT2D eigenvalue weighted by Gasteiger charge is 2.45. The molecule has 0 unspecified atom stereocenters. The van der Waals surface area contributed by atoms with E-state index >= 15 is 0 Å². The van der Waals surface area contributed by atoms with Gasteiger partial charge < -0.3 is 10.4 Å². The van der Waals surface area contributed by atoms with E-state index in [1.54, 1.807) is 19.9 Å². The normalized spacial score (nSPS) is 22.5. The maximum absolute atomic E-state index is 14.9. The van der Waals surface area contributed by atoms with Gasteiger partial charge in [0.1, 0.15) is 17.4 Å². The second kappa shape index (κ2) is 8.13. The lowest BCUT2D eigenvalue weighted by Crippen LogP contribution is -2.36. The minimum atomic E-state index is -4.86. The second-order valence-electron chi connectivity index (χ2n) is 9.59. The number of alkyl halides is 3. The summed E-state index contributed by atoms with van der Waals surface area (Å²) in [6.45, 7) is 3.55. The van der Waals surface area contributed by atoms with Crippen LogP contribution in [0.25, 0.3) is 5.69 Å². The first-order valence-electron chi connectivity index (χ1n) is 10.8. The molecule has 6 nitrogen and oxygen atoms in total. The Morgan fingerprint density at radius 1 is 1.24 bits per heavy atom. The summed E-state index contributed by atoms with van der Waals surface area (Å²) in [5.74, 6) is -1.58. The molecule has 10 heteroatoms. The van der Waals surface area contributed by atoms with Crippen LogP contribution in [0.15, 0.2) is 12.1 Å². The number of hydrogen-bond donors (Lipinski definition) is 2. The van der Waals surface area contributed by atoms with Crippen LogP contribution >= 0.6 is 0 Å². The van der Waals surface area contributed by atoms with Crippen LogP contribution in [-0.2, 0) is 12.6 Å². The smallest absolute Gasteiger partial charge is 0.391 e. The number of aliphatic hydroxyl groups is 1. The molecule has 0 spiro atoms. The number of carbonyl (C=O) groups excluding carboxylic acids is 1. The van der Waals surface area contributed by atoms with Gasteiger partial charge in [-0.3, -0.25) is 4.79 Å². The molecule has 2 N–H and O–H groups in total. The van der Waals surface area contributed by atoms with Gasteiger partial charge in [-0.2, -0.15) is 23.5 Å². The maximum Gasteiger partial charge on any atom is 0.435 e. The first kappa shape index (κ1) is 23.2. The molecule has 1 heterocycles. The molecule has 2 aromatic rings. The van der Waals surface area contributed by atoms with E-state index in [1.807, 2.05) is 0 Å². The van der Waals surface area contributed by atoms with Crippen molar-refractivity contribution in [3.8, 4) is 11.8 Å². The van der Waals surface area contributed by atoms with Crippen molar-refractivity contribution in [2.24, 2.45) is 5.41 Å². The van der Waals surface area contributed by atoms with Gasteiger partial charge in [0.2, 0.25) is 0 Å². The predicted octanol–water partition coefficient (Wildman–Crippen LogP) is 4.77. The zero-order valence-corrected chi connectivity index (χ0v) is 18.3. The Hall–Kier alpha value is -2.93. The van der Waals surface area contributed by atoms with Crippen molar-refractivity contribution in [2.45, 2.75) is 70.7 Å². The van der Waals surface area contributed by atoms with Gasteiger partial charge in [-0.15, -0.1) is 0 Å². The number of rotatable bonds is 3. The number of carbonyl (C=O) groups is 1. The summed E-state index contributed by atoms with van der Waals surface area (Å²) in [6.07, 6.45) is -2.60. The maximum atomic E-state index is 14.9. The lowest BCUT2D eigenvalue weighted by atomic mass is 9.75. The van der Waals surface area contributed by atoms with Gasteiger partial charge in [0.05, 0.1) is 34.8 Å². The number of nitrogens with zero attached hydrogens (tertiary/aromatic N) is 3. The predicted molar refractivity (Wildman–Crippen MR) is 112 cm³/mol. The van der Waals surface area contributed by atoms with Crippen LogP contribution in [0.2, 0.25) is 0 Å². The van der Waals surface area contributed by atoms with Gasteiger partial charge >= 0.3 is 6.18 Å². The summed E-state index contributed by atoms with van der Waals surface area (Å²) in [5, 5.41) is 26.4. The van der Waals surface area contributed by atoms with Gasteiger partial charge in [0, 0.05) is 12.5 Å². The molecular formula is C23H24F4N4O2. The molecule has 176 valence electrons. The van der Waals surface area contributed by atoms with Crippen LogP contribution in [0, 0.1) is 22.6 Å². The van der Waals surface area contributed by atoms with Crippen LogP contribution in [-0.4, -0.2) is 32.8 Å². The standard InChI is InChI=1S/C23H24F4N4O2/c1-22(2)9-17-20(19(33)10-22)21(23(25,26)27)30-31(17)12-7-14(24)13(11-28)16(8-12)29-15-5-3-4-6-18(15)32/h7-8,15,18,29,32H,3-6,9-10H2,1-2H3/t15-,18-/m0/s1. The molecule has 0 bridgehead atoms. The highest BCUT2D eigenvalue weighted by Crippen LogP contribution is 2.42. The number of anilines is 1. The Kier molecular flexibility index (Phi) is 5.73. The third kappa shape index (κ3) is 4.34. The van der Waals surface area contributed by atoms with E-state index < -0.39 is 46.6 Å². The number of aliphatic hydroxyl groups excluding tert-OH is 1. The second-order valence-corrected chi connectivity index (χ2v) is 9.59. The molecule has 1 aromatic carbocycles. The first-order chi connectivity index (χ1) is 15.4. The number of nitrogens with one attached hydrogen (secondary N) is 1. The summed E-state index contributed by atoms with van der Waals surface area (Å²) < 4.78 is 57.0. The zero-order valence-electron chi connectivity index (χ0n) is 18.3. The van der Waals surface area contributed by atoms with E-state index in [4.69, 9.17) is 0 Å². The molecule has 0 saturated heterocycles. The average Bonchev–Trinajstić information content (AvgIpc) is 3.08. The van der Waals surface area contributed by atoms with Gasteiger partial charge in [0.15, 0.2) is 11.5 Å². The van der Waals surface area contributed by atoms with Crippen molar-refractivity contribution >= 4 is 11.5 Å². The molecule has 4 rings (SSSR count). The first-order valence-corrected chi connectivity index (χ1v) is 10.8. The molecule has 2 aliphatic carbocycles. The van der Waals surface area contributed by atoms with E-state index in [9.17, 15) is 32.7 Å². The van der Waals surface area contributed by atoms with E-state index in [0.717, 1.165) is 23.6 Å². The molecular weight excluding hydrogens is 440 g/mol. The molecule has 2 aliphatic rings. The molecule has 0 radical (unpaired) electrons. The average molecular weight is 464 g/mol. The Bertz CT molecular complexity index is 1150. The van der Waals surface area contributed by atoms with E-state index in [2.05, 4.69) is 10.4 Å². The minimum Gasteiger partial charge on any atom is -0.391 e.